The topological polar surface area (TPSA) is 0 Å². The summed E-state index contributed by atoms with van der Waals surface area (Å²) in [6, 6.07) is 23.5. The number of hydrogen-bond donors (Lipinski definition) is 0. The summed E-state index contributed by atoms with van der Waals surface area (Å²) in [5, 5.41) is 0. The summed E-state index contributed by atoms with van der Waals surface area (Å²) in [5.41, 5.74) is 21.6. The zero-order chi connectivity index (χ0) is 36.5. The number of hydrogen-bond acceptors (Lipinski definition) is 0. The third-order valence-electron chi connectivity index (χ3n) is 12.5. The van der Waals surface area contributed by atoms with Crippen molar-refractivity contribution in [1.29, 1.82) is 0 Å². The first-order valence-electron chi connectivity index (χ1n) is 19.0. The molecule has 4 unspecified atom stereocenters. The summed E-state index contributed by atoms with van der Waals surface area (Å²) < 4.78 is 0.159. The van der Waals surface area contributed by atoms with E-state index in [1.165, 1.54) is 89.0 Å². The van der Waals surface area contributed by atoms with Gasteiger partial charge in [0.05, 0.1) is 0 Å². The van der Waals surface area contributed by atoms with Crippen LogP contribution in [0.1, 0.15) is 103 Å². The summed E-state index contributed by atoms with van der Waals surface area (Å²) >= 11 is -4.98. The van der Waals surface area contributed by atoms with Crippen LogP contribution in [0.5, 0.6) is 0 Å². The molecule has 0 amide bonds. The Morgan fingerprint density at radius 2 is 0.920 bits per heavy atom. The molecular formula is C46H57Cl2SiZr. The zero-order valence-corrected chi connectivity index (χ0v) is 37.6. The number of fused-ring (bicyclic) bond motifs is 2. The number of rotatable bonds is 9. The Hall–Kier alpha value is -1.96. The Bertz CT molecular complexity index is 1880. The standard InChI is InChI=1S/2C22H25.C2H7Si.2ClH.Zr/c2*1-6-16(4)19-12-18-8-7-17(5)22(21(18)13-19)20-10-14(2)9-15(3)11-20;1-3-2;;;/h2*7-13,16H,6H2,1-5H3;3H,1-2H3;2*1H;/q;;;;;+2/p-2. The van der Waals surface area contributed by atoms with Gasteiger partial charge in [0.25, 0.3) is 0 Å². The molecule has 4 aromatic carbocycles. The molecule has 0 radical (unpaired) electrons. The van der Waals surface area contributed by atoms with Crippen LogP contribution < -0.4 is 0 Å². The molecule has 0 fully saturated rings. The van der Waals surface area contributed by atoms with Gasteiger partial charge in [0.15, 0.2) is 0 Å². The van der Waals surface area contributed by atoms with E-state index in [4.69, 9.17) is 17.0 Å². The fraction of sp³-hybridized carbons (Fsp3) is 0.391. The van der Waals surface area contributed by atoms with Crippen LogP contribution in [0.15, 0.2) is 71.8 Å². The van der Waals surface area contributed by atoms with Gasteiger partial charge >= 0.3 is 315 Å². The Balaban J connectivity index is 1.68. The van der Waals surface area contributed by atoms with Crippen LogP contribution in [-0.4, -0.2) is 5.92 Å². The van der Waals surface area contributed by atoms with Crippen LogP contribution in [0.4, 0.5) is 0 Å². The van der Waals surface area contributed by atoms with Gasteiger partial charge in [-0.25, -0.2) is 0 Å². The van der Waals surface area contributed by atoms with Crippen molar-refractivity contribution in [3.05, 3.63) is 127 Å². The molecule has 0 saturated heterocycles. The molecule has 50 heavy (non-hydrogen) atoms. The van der Waals surface area contributed by atoms with E-state index in [0.717, 1.165) is 12.8 Å². The van der Waals surface area contributed by atoms with Crippen molar-refractivity contribution in [3.8, 4) is 22.3 Å². The molecule has 6 rings (SSSR count). The zero-order valence-electron chi connectivity index (χ0n) is 32.5. The van der Waals surface area contributed by atoms with E-state index in [1.54, 1.807) is 0 Å². The van der Waals surface area contributed by atoms with E-state index in [2.05, 4.69) is 155 Å². The van der Waals surface area contributed by atoms with Crippen LogP contribution in [0.2, 0.25) is 13.1 Å². The van der Waals surface area contributed by atoms with Gasteiger partial charge in [-0.2, -0.15) is 0 Å². The van der Waals surface area contributed by atoms with Gasteiger partial charge in [0.2, 0.25) is 0 Å². The number of halogens is 2. The third-order valence-corrected chi connectivity index (χ3v) is 64.1. The average Bonchev–Trinajstić information content (AvgIpc) is 3.63. The second kappa shape index (κ2) is 13.8. The Morgan fingerprint density at radius 3 is 1.22 bits per heavy atom. The quantitative estimate of drug-likeness (QED) is 0.148. The van der Waals surface area contributed by atoms with Crippen molar-refractivity contribution < 1.29 is 15.6 Å². The van der Waals surface area contributed by atoms with Crippen molar-refractivity contribution in [1.82, 2.24) is 0 Å². The van der Waals surface area contributed by atoms with Crippen LogP contribution in [0.3, 0.4) is 0 Å². The molecule has 4 heteroatoms. The monoisotopic (exact) mass is 797 g/mol. The summed E-state index contributed by atoms with van der Waals surface area (Å²) in [4.78, 5) is 0. The normalized spacial score (nSPS) is 19.1. The number of allylic oxidation sites excluding steroid dienone is 2. The first kappa shape index (κ1) is 37.8. The Labute approximate surface area is 312 Å². The van der Waals surface area contributed by atoms with Crippen molar-refractivity contribution in [3.63, 3.8) is 0 Å². The van der Waals surface area contributed by atoms with Gasteiger partial charge < -0.3 is 0 Å². The van der Waals surface area contributed by atoms with Gasteiger partial charge in [-0.3, -0.25) is 0 Å². The van der Waals surface area contributed by atoms with E-state index >= 15 is 0 Å². The minimum atomic E-state index is -4.98. The molecule has 0 aromatic heterocycles. The molecular weight excluding hydrogens is 743 g/mol. The molecule has 0 spiro atoms. The van der Waals surface area contributed by atoms with E-state index in [-0.39, 0.29) is 7.25 Å². The van der Waals surface area contributed by atoms with Crippen molar-refractivity contribution in [2.75, 3.05) is 0 Å². The van der Waals surface area contributed by atoms with E-state index in [1.807, 2.05) is 0 Å². The van der Waals surface area contributed by atoms with Gasteiger partial charge in [0, 0.05) is 0 Å². The Kier molecular flexibility index (Phi) is 10.4. The predicted octanol–water partition coefficient (Wildman–Crippen LogP) is 14.5. The first-order valence-corrected chi connectivity index (χ1v) is 35.3. The molecule has 0 N–H and O–H groups in total. The van der Waals surface area contributed by atoms with Crippen LogP contribution in [0.25, 0.3) is 34.4 Å². The first-order chi connectivity index (χ1) is 23.5. The maximum absolute atomic E-state index is 8.92. The molecule has 2 aliphatic carbocycles. The van der Waals surface area contributed by atoms with Crippen molar-refractivity contribution in [2.45, 2.75) is 102 Å². The summed E-state index contributed by atoms with van der Waals surface area (Å²) in [6.45, 7) is 27.9. The average molecular weight is 800 g/mol. The SMILES string of the molecule is CCC(C)C1=Cc2c(ccc(C)c2-c2cc(C)cc(C)c2)[CH]1[Zr]([Cl])([Cl])([CH]1C(C(C)CC)=Cc2c1ccc(C)c2-c1cc(C)cc(C)c1)[SiH](C)C. The molecule has 0 heterocycles. The summed E-state index contributed by atoms with van der Waals surface area (Å²) in [6.07, 6.45) is 7.25. The molecule has 263 valence electrons. The summed E-state index contributed by atoms with van der Waals surface area (Å²) in [5.74, 6) is -0.923. The molecule has 2 aliphatic rings. The van der Waals surface area contributed by atoms with E-state index in [9.17, 15) is 0 Å². The van der Waals surface area contributed by atoms with Gasteiger partial charge in [-0.1, -0.05) is 0 Å². The second-order valence-corrected chi connectivity index (χ2v) is 58.9. The molecule has 0 bridgehead atoms. The Morgan fingerprint density at radius 1 is 0.580 bits per heavy atom. The van der Waals surface area contributed by atoms with Gasteiger partial charge in [0.1, 0.15) is 0 Å². The van der Waals surface area contributed by atoms with E-state index < -0.39 is 21.5 Å². The second-order valence-electron chi connectivity index (χ2n) is 16.4. The van der Waals surface area contributed by atoms with E-state index in [0.29, 0.717) is 11.8 Å². The van der Waals surface area contributed by atoms with Crippen LogP contribution >= 0.6 is 17.0 Å². The third kappa shape index (κ3) is 6.07. The van der Waals surface area contributed by atoms with Gasteiger partial charge in [-0.05, 0) is 0 Å². The summed E-state index contributed by atoms with van der Waals surface area (Å²) in [7, 11) is 17.8. The van der Waals surface area contributed by atoms with Crippen LogP contribution in [-0.2, 0) is 15.6 Å². The van der Waals surface area contributed by atoms with Gasteiger partial charge in [-0.15, -0.1) is 0 Å². The van der Waals surface area contributed by atoms with Crippen LogP contribution in [0, 0.1) is 53.4 Å². The fourth-order valence-electron chi connectivity index (χ4n) is 9.56. The molecule has 0 saturated carbocycles. The van der Waals surface area contributed by atoms with Crippen molar-refractivity contribution >= 4 is 35.1 Å². The minimum absolute atomic E-state index is 0.0796. The fourth-order valence-corrected chi connectivity index (χ4v) is 40.8. The number of benzene rings is 4. The predicted molar refractivity (Wildman–Crippen MR) is 223 cm³/mol. The molecule has 4 aromatic rings. The van der Waals surface area contributed by atoms with Crippen molar-refractivity contribution in [2.24, 2.45) is 11.8 Å². The maximum atomic E-state index is 8.92. The number of aryl methyl sites for hydroxylation is 6. The molecule has 0 nitrogen and oxygen atoms in total. The molecule has 4 atom stereocenters. The molecule has 0 aliphatic heterocycles.